The number of carbonyl (C=O) groups excluding carboxylic acids is 4. The summed E-state index contributed by atoms with van der Waals surface area (Å²) in [6, 6.07) is 19.8. The van der Waals surface area contributed by atoms with Crippen LogP contribution in [0.25, 0.3) is 22.0 Å². The van der Waals surface area contributed by atoms with E-state index >= 15 is 0 Å². The number of para-hydroxylation sites is 1. The zero-order chi connectivity index (χ0) is 38.3. The SMILES string of the molecule is CC(C)C[C@H](NC(=O)[C@H](CCC(=O)O)NC(=O)[C@H](Cc1c[nH]c2ccccc12)NC(=O)OCC1c2ccccc2-c2ccccc21)C(=O)OC(C)(C)C. The highest BCUT2D eigenvalue weighted by atomic mass is 16.6. The molecule has 1 heterocycles. The maximum Gasteiger partial charge on any atom is 0.407 e. The molecule has 12 heteroatoms. The summed E-state index contributed by atoms with van der Waals surface area (Å²) in [6.07, 6.45) is 0.498. The summed E-state index contributed by atoms with van der Waals surface area (Å²) in [6.45, 7) is 8.94. The lowest BCUT2D eigenvalue weighted by atomic mass is 9.98. The van der Waals surface area contributed by atoms with Crippen molar-refractivity contribution in [1.82, 2.24) is 20.9 Å². The predicted octanol–water partition coefficient (Wildman–Crippen LogP) is 5.84. The second kappa shape index (κ2) is 16.8. The van der Waals surface area contributed by atoms with E-state index in [-0.39, 0.29) is 37.7 Å². The summed E-state index contributed by atoms with van der Waals surface area (Å²) in [5.74, 6) is -3.49. The fourth-order valence-corrected chi connectivity index (χ4v) is 6.65. The molecule has 4 aromatic rings. The molecular formula is C41H48N4O8. The Morgan fingerprint density at radius 3 is 2.00 bits per heavy atom. The Labute approximate surface area is 309 Å². The molecule has 1 aliphatic rings. The Morgan fingerprint density at radius 2 is 1.38 bits per heavy atom. The lowest BCUT2D eigenvalue weighted by molar-refractivity contribution is -0.159. The van der Waals surface area contributed by atoms with Gasteiger partial charge in [-0.25, -0.2) is 9.59 Å². The molecule has 1 aliphatic carbocycles. The molecule has 12 nitrogen and oxygen atoms in total. The van der Waals surface area contributed by atoms with Crippen LogP contribution >= 0.6 is 0 Å². The monoisotopic (exact) mass is 724 g/mol. The number of hydrogen-bond acceptors (Lipinski definition) is 7. The molecule has 1 aromatic heterocycles. The lowest BCUT2D eigenvalue weighted by Crippen LogP contribution is -2.56. The lowest BCUT2D eigenvalue weighted by Gasteiger charge is -2.28. The standard InChI is InChI=1S/C41H48N4O8/c1-24(2)20-35(39(50)53-41(3,4)5)44-37(48)33(18-19-36(46)47)43-38(49)34(21-25-22-42-32-17-11-10-12-26(25)32)45-40(51)52-23-31-29-15-8-6-13-27(29)28-14-7-9-16-30(28)31/h6-17,22,24,31,33-35,42H,18-21,23H2,1-5H3,(H,43,49)(H,44,48)(H,45,51)(H,46,47)/t33-,34-,35-/m0/s1. The van der Waals surface area contributed by atoms with Crippen molar-refractivity contribution in [2.75, 3.05) is 6.61 Å². The molecule has 0 bridgehead atoms. The second-order valence-corrected chi connectivity index (χ2v) is 14.8. The van der Waals surface area contributed by atoms with Gasteiger partial charge in [0.15, 0.2) is 0 Å². The molecule has 0 fully saturated rings. The van der Waals surface area contributed by atoms with Crippen LogP contribution in [0.1, 0.15) is 76.5 Å². The fraction of sp³-hybridized carbons (Fsp3) is 0.390. The van der Waals surface area contributed by atoms with E-state index in [1.807, 2.05) is 86.6 Å². The number of carboxylic acid groups (broad SMARTS) is 1. The van der Waals surface area contributed by atoms with Gasteiger partial charge in [-0.3, -0.25) is 14.4 Å². The van der Waals surface area contributed by atoms with Gasteiger partial charge in [0.25, 0.3) is 0 Å². The number of aromatic amines is 1. The largest absolute Gasteiger partial charge is 0.481 e. The van der Waals surface area contributed by atoms with Gasteiger partial charge in [0, 0.05) is 35.9 Å². The minimum atomic E-state index is -1.34. The van der Waals surface area contributed by atoms with Crippen molar-refractivity contribution < 1.29 is 38.6 Å². The minimum absolute atomic E-state index is 0.00170. The van der Waals surface area contributed by atoms with Crippen LogP contribution in [0.4, 0.5) is 4.79 Å². The number of alkyl carbamates (subject to hydrolysis) is 1. The van der Waals surface area contributed by atoms with Gasteiger partial charge in [-0.1, -0.05) is 80.6 Å². The molecule has 53 heavy (non-hydrogen) atoms. The van der Waals surface area contributed by atoms with Crippen LogP contribution in [0.15, 0.2) is 79.0 Å². The molecule has 0 saturated carbocycles. The molecule has 0 aliphatic heterocycles. The van der Waals surface area contributed by atoms with Crippen molar-refractivity contribution in [1.29, 1.82) is 0 Å². The third-order valence-corrected chi connectivity index (χ3v) is 9.05. The number of nitrogens with one attached hydrogen (secondary N) is 4. The van der Waals surface area contributed by atoms with Crippen LogP contribution in [0, 0.1) is 5.92 Å². The van der Waals surface area contributed by atoms with Crippen molar-refractivity contribution in [2.24, 2.45) is 5.92 Å². The number of hydrogen-bond donors (Lipinski definition) is 5. The number of rotatable bonds is 15. The number of amides is 3. The van der Waals surface area contributed by atoms with Crippen LogP contribution in [-0.4, -0.2) is 70.3 Å². The Hall–Kier alpha value is -5.65. The van der Waals surface area contributed by atoms with Crippen LogP contribution in [0.2, 0.25) is 0 Å². The van der Waals surface area contributed by atoms with Crippen LogP contribution in [0.3, 0.4) is 0 Å². The number of esters is 1. The number of ether oxygens (including phenoxy) is 2. The molecule has 5 rings (SSSR count). The van der Waals surface area contributed by atoms with E-state index < -0.39 is 60.0 Å². The molecule has 5 N–H and O–H groups in total. The summed E-state index contributed by atoms with van der Waals surface area (Å²) in [7, 11) is 0. The highest BCUT2D eigenvalue weighted by molar-refractivity contribution is 5.94. The minimum Gasteiger partial charge on any atom is -0.481 e. The first-order valence-electron chi connectivity index (χ1n) is 17.9. The number of aromatic nitrogens is 1. The quantitative estimate of drug-likeness (QED) is 0.0951. The first-order valence-corrected chi connectivity index (χ1v) is 17.9. The summed E-state index contributed by atoms with van der Waals surface area (Å²) in [4.78, 5) is 69.1. The van der Waals surface area contributed by atoms with Gasteiger partial charge in [-0.15, -0.1) is 0 Å². The van der Waals surface area contributed by atoms with E-state index in [0.717, 1.165) is 38.7 Å². The average molecular weight is 725 g/mol. The highest BCUT2D eigenvalue weighted by Crippen LogP contribution is 2.44. The van der Waals surface area contributed by atoms with Crippen molar-refractivity contribution >= 4 is 40.7 Å². The first kappa shape index (κ1) is 38.6. The number of H-pyrrole nitrogens is 1. The molecule has 3 atom stereocenters. The fourth-order valence-electron chi connectivity index (χ4n) is 6.65. The van der Waals surface area contributed by atoms with Gasteiger partial charge < -0.3 is 35.5 Å². The molecule has 0 radical (unpaired) electrons. The average Bonchev–Trinajstić information content (AvgIpc) is 3.66. The Balaban J connectivity index is 1.35. The summed E-state index contributed by atoms with van der Waals surface area (Å²) in [5, 5.41) is 18.4. The van der Waals surface area contributed by atoms with Gasteiger partial charge in [0.05, 0.1) is 0 Å². The maximum atomic E-state index is 14.1. The zero-order valence-corrected chi connectivity index (χ0v) is 30.7. The summed E-state index contributed by atoms with van der Waals surface area (Å²) in [5.41, 5.74) is 4.96. The summed E-state index contributed by atoms with van der Waals surface area (Å²) < 4.78 is 11.3. The molecule has 3 amide bonds. The normalized spacial score (nSPS) is 14.1. The molecule has 280 valence electrons. The molecular weight excluding hydrogens is 676 g/mol. The van der Waals surface area contributed by atoms with Gasteiger partial charge in [-0.2, -0.15) is 0 Å². The zero-order valence-electron chi connectivity index (χ0n) is 30.7. The van der Waals surface area contributed by atoms with E-state index in [1.54, 1.807) is 27.0 Å². The van der Waals surface area contributed by atoms with E-state index in [2.05, 4.69) is 20.9 Å². The van der Waals surface area contributed by atoms with E-state index in [0.29, 0.717) is 0 Å². The maximum absolute atomic E-state index is 14.1. The number of aliphatic carboxylic acids is 1. The van der Waals surface area contributed by atoms with Gasteiger partial charge in [0.1, 0.15) is 30.3 Å². The van der Waals surface area contributed by atoms with Gasteiger partial charge in [0.2, 0.25) is 11.8 Å². The Bertz CT molecular complexity index is 1920. The Kier molecular flexibility index (Phi) is 12.2. The van der Waals surface area contributed by atoms with E-state index in [1.165, 1.54) is 0 Å². The van der Waals surface area contributed by atoms with Crippen LogP contribution < -0.4 is 16.0 Å². The van der Waals surface area contributed by atoms with Crippen LogP contribution in [-0.2, 0) is 35.1 Å². The number of fused-ring (bicyclic) bond motifs is 4. The third kappa shape index (κ3) is 10.0. The van der Waals surface area contributed by atoms with E-state index in [9.17, 15) is 29.1 Å². The topological polar surface area (TPSA) is 176 Å². The Morgan fingerprint density at radius 1 is 0.792 bits per heavy atom. The van der Waals surface area contributed by atoms with Crippen molar-refractivity contribution in [2.45, 2.75) is 89.9 Å². The smallest absolute Gasteiger partial charge is 0.407 e. The molecule has 0 saturated heterocycles. The van der Waals surface area contributed by atoms with Crippen molar-refractivity contribution in [3.63, 3.8) is 0 Å². The molecule has 0 unspecified atom stereocenters. The number of benzene rings is 3. The number of carboxylic acids is 1. The van der Waals surface area contributed by atoms with Crippen molar-refractivity contribution in [3.8, 4) is 11.1 Å². The highest BCUT2D eigenvalue weighted by Gasteiger charge is 2.34. The van der Waals surface area contributed by atoms with Crippen LogP contribution in [0.5, 0.6) is 0 Å². The van der Waals surface area contributed by atoms with Gasteiger partial charge >= 0.3 is 18.0 Å². The van der Waals surface area contributed by atoms with Crippen molar-refractivity contribution in [3.05, 3.63) is 95.7 Å². The van der Waals surface area contributed by atoms with E-state index in [4.69, 9.17) is 9.47 Å². The third-order valence-electron chi connectivity index (χ3n) is 9.05. The molecule has 0 spiro atoms. The number of carbonyl (C=O) groups is 5. The first-order chi connectivity index (χ1) is 25.2. The van der Waals surface area contributed by atoms with Gasteiger partial charge in [-0.05, 0) is 73.4 Å². The predicted molar refractivity (Wildman–Crippen MR) is 200 cm³/mol. The molecule has 3 aromatic carbocycles. The second-order valence-electron chi connectivity index (χ2n) is 14.8. The summed E-state index contributed by atoms with van der Waals surface area (Å²) >= 11 is 0.